The Morgan fingerprint density at radius 1 is 1.00 bits per heavy atom. The minimum Gasteiger partial charge on any atom is -0.508 e. The van der Waals surface area contributed by atoms with Crippen LogP contribution in [0.3, 0.4) is 0 Å². The van der Waals surface area contributed by atoms with Gasteiger partial charge >= 0.3 is 0 Å². The molecule has 4 aromatic rings. The van der Waals surface area contributed by atoms with Gasteiger partial charge in [0.1, 0.15) is 18.0 Å². The van der Waals surface area contributed by atoms with Gasteiger partial charge in [0, 0.05) is 6.42 Å². The molecule has 0 aliphatic rings. The molecule has 0 unspecified atom stereocenters. The first-order valence-corrected chi connectivity index (χ1v) is 10.2. The standard InChI is InChI=1S/C25H22N4O3/c1-17(19-11-13-20(30)14-12-19)27-28-24(31)16-29-23-10-6-5-9-21(23)26-22(25(29)32)15-18-7-3-2-4-8-18/h2-14,30H,15-16H2,1H3,(H,28,31)/b27-17+. The van der Waals surface area contributed by atoms with Gasteiger partial charge in [0.05, 0.1) is 16.7 Å². The molecule has 4 rings (SSSR count). The molecule has 2 N–H and O–H groups in total. The van der Waals surface area contributed by atoms with Crippen molar-refractivity contribution in [1.29, 1.82) is 0 Å². The van der Waals surface area contributed by atoms with Crippen molar-refractivity contribution >= 4 is 22.7 Å². The number of nitrogens with zero attached hydrogens (tertiary/aromatic N) is 3. The van der Waals surface area contributed by atoms with E-state index in [4.69, 9.17) is 0 Å². The Balaban J connectivity index is 1.60. The minimum atomic E-state index is -0.424. The molecule has 0 atom stereocenters. The van der Waals surface area contributed by atoms with Crippen molar-refractivity contribution in [2.45, 2.75) is 19.9 Å². The molecule has 0 saturated heterocycles. The first kappa shape index (κ1) is 21.0. The number of hydrogen-bond acceptors (Lipinski definition) is 5. The van der Waals surface area contributed by atoms with Gasteiger partial charge in [0.2, 0.25) is 0 Å². The normalized spacial score (nSPS) is 11.5. The number of phenols is 1. The van der Waals surface area contributed by atoms with E-state index in [1.165, 1.54) is 4.57 Å². The zero-order valence-corrected chi connectivity index (χ0v) is 17.5. The topological polar surface area (TPSA) is 96.6 Å². The first-order valence-electron chi connectivity index (χ1n) is 10.2. The monoisotopic (exact) mass is 426 g/mol. The molecule has 0 fully saturated rings. The molecule has 1 aromatic heterocycles. The number of carbonyl (C=O) groups excluding carboxylic acids is 1. The molecular weight excluding hydrogens is 404 g/mol. The summed E-state index contributed by atoms with van der Waals surface area (Å²) in [7, 11) is 0. The third-order valence-corrected chi connectivity index (χ3v) is 5.07. The van der Waals surface area contributed by atoms with Gasteiger partial charge in [-0.15, -0.1) is 0 Å². The fraction of sp³-hybridized carbons (Fsp3) is 0.120. The largest absolute Gasteiger partial charge is 0.508 e. The van der Waals surface area contributed by atoms with Crippen molar-refractivity contribution in [2.75, 3.05) is 0 Å². The van der Waals surface area contributed by atoms with Crippen molar-refractivity contribution in [3.05, 3.63) is 106 Å². The number of fused-ring (bicyclic) bond motifs is 1. The summed E-state index contributed by atoms with van der Waals surface area (Å²) in [4.78, 5) is 30.4. The lowest BCUT2D eigenvalue weighted by molar-refractivity contribution is -0.121. The zero-order chi connectivity index (χ0) is 22.5. The lowest BCUT2D eigenvalue weighted by Crippen LogP contribution is -2.33. The van der Waals surface area contributed by atoms with Crippen molar-refractivity contribution in [3.8, 4) is 5.75 Å². The molecule has 160 valence electrons. The van der Waals surface area contributed by atoms with E-state index in [0.717, 1.165) is 11.1 Å². The number of benzene rings is 3. The average Bonchev–Trinajstić information content (AvgIpc) is 2.81. The quantitative estimate of drug-likeness (QED) is 0.365. The zero-order valence-electron chi connectivity index (χ0n) is 17.5. The van der Waals surface area contributed by atoms with E-state index < -0.39 is 5.91 Å². The molecule has 7 heteroatoms. The highest BCUT2D eigenvalue weighted by molar-refractivity contribution is 5.99. The lowest BCUT2D eigenvalue weighted by Gasteiger charge is -2.12. The maximum absolute atomic E-state index is 13.2. The van der Waals surface area contributed by atoms with Gasteiger partial charge in [-0.05, 0) is 54.4 Å². The third kappa shape index (κ3) is 4.73. The predicted octanol–water partition coefficient (Wildman–Crippen LogP) is 3.23. The number of rotatable bonds is 6. The van der Waals surface area contributed by atoms with E-state index >= 15 is 0 Å². The Kier molecular flexibility index (Phi) is 6.07. The Hall–Kier alpha value is -4.26. The van der Waals surface area contributed by atoms with Crippen molar-refractivity contribution in [3.63, 3.8) is 0 Å². The van der Waals surface area contributed by atoms with E-state index in [9.17, 15) is 14.7 Å². The SMILES string of the molecule is C/C(=N\NC(=O)Cn1c(=O)c(Cc2ccccc2)nc2ccccc21)c1ccc(O)cc1. The molecule has 3 aromatic carbocycles. The smallest absolute Gasteiger partial charge is 0.273 e. The highest BCUT2D eigenvalue weighted by atomic mass is 16.3. The molecule has 0 aliphatic carbocycles. The van der Waals surface area contributed by atoms with Crippen LogP contribution in [0, 0.1) is 0 Å². The Labute approximate surface area is 184 Å². The van der Waals surface area contributed by atoms with Crippen LogP contribution in [0.4, 0.5) is 0 Å². The van der Waals surface area contributed by atoms with Crippen LogP contribution in [-0.2, 0) is 17.8 Å². The fourth-order valence-electron chi connectivity index (χ4n) is 3.40. The van der Waals surface area contributed by atoms with Gasteiger partial charge < -0.3 is 5.11 Å². The second kappa shape index (κ2) is 9.26. The second-order valence-electron chi connectivity index (χ2n) is 7.38. The number of amides is 1. The summed E-state index contributed by atoms with van der Waals surface area (Å²) in [6.45, 7) is 1.56. The summed E-state index contributed by atoms with van der Waals surface area (Å²) in [5.41, 5.74) is 6.14. The summed E-state index contributed by atoms with van der Waals surface area (Å²) in [6.07, 6.45) is 0.379. The van der Waals surface area contributed by atoms with Crippen LogP contribution in [-0.4, -0.2) is 26.3 Å². The van der Waals surface area contributed by atoms with Gasteiger partial charge in [-0.2, -0.15) is 5.10 Å². The average molecular weight is 426 g/mol. The summed E-state index contributed by atoms with van der Waals surface area (Å²) in [5, 5.41) is 13.5. The molecular formula is C25H22N4O3. The number of phenolic OH excluding ortho intramolecular Hbond substituents is 1. The Morgan fingerprint density at radius 2 is 1.69 bits per heavy atom. The molecule has 32 heavy (non-hydrogen) atoms. The van der Waals surface area contributed by atoms with Gasteiger partial charge in [0.25, 0.3) is 11.5 Å². The van der Waals surface area contributed by atoms with Crippen molar-refractivity contribution in [2.24, 2.45) is 5.10 Å². The minimum absolute atomic E-state index is 0.154. The number of para-hydroxylation sites is 2. The Morgan fingerprint density at radius 3 is 2.44 bits per heavy atom. The van der Waals surface area contributed by atoms with Crippen LogP contribution >= 0.6 is 0 Å². The van der Waals surface area contributed by atoms with Crippen molar-refractivity contribution in [1.82, 2.24) is 15.0 Å². The molecule has 0 bridgehead atoms. The molecule has 0 saturated carbocycles. The van der Waals surface area contributed by atoms with Crippen LogP contribution in [0.5, 0.6) is 5.75 Å². The summed E-state index contributed by atoms with van der Waals surface area (Å²) >= 11 is 0. The number of carbonyl (C=O) groups is 1. The molecule has 1 heterocycles. The van der Waals surface area contributed by atoms with Gasteiger partial charge in [-0.1, -0.05) is 42.5 Å². The van der Waals surface area contributed by atoms with Crippen LogP contribution < -0.4 is 11.0 Å². The summed E-state index contributed by atoms with van der Waals surface area (Å²) in [6, 6.07) is 23.4. The first-order chi connectivity index (χ1) is 15.5. The molecule has 1 amide bonds. The van der Waals surface area contributed by atoms with E-state index in [1.807, 2.05) is 48.5 Å². The summed E-state index contributed by atoms with van der Waals surface area (Å²) in [5.74, 6) is -0.270. The third-order valence-electron chi connectivity index (χ3n) is 5.07. The molecule has 7 nitrogen and oxygen atoms in total. The highest BCUT2D eigenvalue weighted by Gasteiger charge is 2.14. The lowest BCUT2D eigenvalue weighted by atomic mass is 10.1. The van der Waals surface area contributed by atoms with Crippen molar-refractivity contribution < 1.29 is 9.90 Å². The second-order valence-corrected chi connectivity index (χ2v) is 7.38. The highest BCUT2D eigenvalue weighted by Crippen LogP contribution is 2.13. The summed E-state index contributed by atoms with van der Waals surface area (Å²) < 4.78 is 1.43. The van der Waals surface area contributed by atoms with Crippen LogP contribution in [0.2, 0.25) is 0 Å². The van der Waals surface area contributed by atoms with Crippen LogP contribution in [0.1, 0.15) is 23.7 Å². The van der Waals surface area contributed by atoms with Gasteiger partial charge in [-0.25, -0.2) is 10.4 Å². The fourth-order valence-corrected chi connectivity index (χ4v) is 3.40. The van der Waals surface area contributed by atoms with Gasteiger partial charge in [0.15, 0.2) is 0 Å². The number of hydrogen-bond donors (Lipinski definition) is 2. The van der Waals surface area contributed by atoms with E-state index in [-0.39, 0.29) is 17.9 Å². The van der Waals surface area contributed by atoms with E-state index in [0.29, 0.717) is 28.9 Å². The molecule has 0 aliphatic heterocycles. The van der Waals surface area contributed by atoms with E-state index in [1.54, 1.807) is 37.3 Å². The number of aromatic hydroxyl groups is 1. The maximum Gasteiger partial charge on any atom is 0.273 e. The number of aromatic nitrogens is 2. The van der Waals surface area contributed by atoms with Gasteiger partial charge in [-0.3, -0.25) is 14.2 Å². The van der Waals surface area contributed by atoms with Crippen LogP contribution in [0.15, 0.2) is 88.8 Å². The Bertz CT molecular complexity index is 1340. The maximum atomic E-state index is 13.2. The van der Waals surface area contributed by atoms with Crippen LogP contribution in [0.25, 0.3) is 11.0 Å². The van der Waals surface area contributed by atoms with E-state index in [2.05, 4.69) is 15.5 Å². The number of nitrogens with one attached hydrogen (secondary N) is 1. The predicted molar refractivity (Wildman–Crippen MR) is 124 cm³/mol. The molecule has 0 spiro atoms. The number of hydrazone groups is 1. The molecule has 0 radical (unpaired) electrons.